The van der Waals surface area contributed by atoms with E-state index in [1.165, 1.54) is 11.9 Å². The van der Waals surface area contributed by atoms with Crippen molar-refractivity contribution in [3.8, 4) is 0 Å². The van der Waals surface area contributed by atoms with Crippen LogP contribution in [0, 0.1) is 0 Å². The van der Waals surface area contributed by atoms with Crippen molar-refractivity contribution in [2.45, 2.75) is 19.0 Å². The molecule has 1 aliphatic heterocycles. The molecule has 2 aromatic rings. The molecule has 0 saturated carbocycles. The summed E-state index contributed by atoms with van der Waals surface area (Å²) in [6.45, 7) is 1.33. The Morgan fingerprint density at radius 3 is 3.05 bits per heavy atom. The zero-order valence-electron chi connectivity index (χ0n) is 10.4. The minimum absolute atomic E-state index is 0.327. The van der Waals surface area contributed by atoms with Gasteiger partial charge < -0.3 is 5.73 Å². The second kappa shape index (κ2) is 4.81. The highest BCUT2D eigenvalue weighted by molar-refractivity contribution is 5.82. The van der Waals surface area contributed by atoms with Crippen LogP contribution in [-0.4, -0.2) is 32.5 Å². The predicted octanol–water partition coefficient (Wildman–Crippen LogP) is 0.389. The summed E-state index contributed by atoms with van der Waals surface area (Å²) in [6.07, 6.45) is 2.38. The number of primary amides is 1. The van der Waals surface area contributed by atoms with E-state index in [1.54, 1.807) is 0 Å². The lowest BCUT2D eigenvalue weighted by atomic mass is 9.92. The molecule has 0 fully saturated rings. The lowest BCUT2D eigenvalue weighted by Crippen LogP contribution is -2.42. The standard InChI is InChI=1S/C13H15N5O/c14-13(19)12-10-4-2-1-3-9(10)5-6-18(12)7-11-15-8-16-17-11/h1-4,8,12H,5-7H2,(H2,14,19)(H,15,16,17). The van der Waals surface area contributed by atoms with Gasteiger partial charge >= 0.3 is 0 Å². The van der Waals surface area contributed by atoms with Crippen molar-refractivity contribution >= 4 is 5.91 Å². The molecule has 6 heteroatoms. The van der Waals surface area contributed by atoms with E-state index < -0.39 is 6.04 Å². The minimum Gasteiger partial charge on any atom is -0.368 e. The van der Waals surface area contributed by atoms with Gasteiger partial charge in [-0.25, -0.2) is 4.98 Å². The van der Waals surface area contributed by atoms with E-state index in [0.29, 0.717) is 6.54 Å². The van der Waals surface area contributed by atoms with Crippen LogP contribution in [0.3, 0.4) is 0 Å². The summed E-state index contributed by atoms with van der Waals surface area (Å²) in [5.74, 6) is 0.414. The molecule has 3 N–H and O–H groups in total. The fraction of sp³-hybridized carbons (Fsp3) is 0.308. The van der Waals surface area contributed by atoms with Crippen LogP contribution in [0.5, 0.6) is 0 Å². The van der Waals surface area contributed by atoms with Gasteiger partial charge in [0, 0.05) is 6.54 Å². The summed E-state index contributed by atoms with van der Waals surface area (Å²) in [5.41, 5.74) is 7.77. The van der Waals surface area contributed by atoms with Gasteiger partial charge in [-0.1, -0.05) is 24.3 Å². The first kappa shape index (κ1) is 11.9. The van der Waals surface area contributed by atoms with Crippen molar-refractivity contribution < 1.29 is 4.79 Å². The van der Waals surface area contributed by atoms with Gasteiger partial charge in [-0.3, -0.25) is 14.8 Å². The molecule has 0 bridgehead atoms. The molecule has 0 aliphatic carbocycles. The fourth-order valence-corrected chi connectivity index (χ4v) is 2.62. The number of hydrogen-bond acceptors (Lipinski definition) is 4. The zero-order valence-corrected chi connectivity index (χ0v) is 10.4. The lowest BCUT2D eigenvalue weighted by molar-refractivity contribution is -0.124. The van der Waals surface area contributed by atoms with Crippen LogP contribution in [-0.2, 0) is 17.8 Å². The first-order valence-corrected chi connectivity index (χ1v) is 6.21. The molecule has 19 heavy (non-hydrogen) atoms. The number of fused-ring (bicyclic) bond motifs is 1. The maximum Gasteiger partial charge on any atom is 0.239 e. The highest BCUT2D eigenvalue weighted by Crippen LogP contribution is 2.30. The van der Waals surface area contributed by atoms with Crippen molar-refractivity contribution in [1.29, 1.82) is 0 Å². The number of carbonyl (C=O) groups excluding carboxylic acids is 1. The largest absolute Gasteiger partial charge is 0.368 e. The zero-order chi connectivity index (χ0) is 13.2. The Kier molecular flexibility index (Phi) is 3.00. The van der Waals surface area contributed by atoms with Gasteiger partial charge in [-0.15, -0.1) is 0 Å². The van der Waals surface area contributed by atoms with Crippen LogP contribution in [0.15, 0.2) is 30.6 Å². The number of carbonyl (C=O) groups is 1. The van der Waals surface area contributed by atoms with Crippen LogP contribution in [0.25, 0.3) is 0 Å². The summed E-state index contributed by atoms with van der Waals surface area (Å²) in [5, 5.41) is 6.64. The molecule has 1 aromatic heterocycles. The van der Waals surface area contributed by atoms with Crippen molar-refractivity contribution in [2.24, 2.45) is 5.73 Å². The van der Waals surface area contributed by atoms with Crippen LogP contribution >= 0.6 is 0 Å². The Hall–Kier alpha value is -2.21. The summed E-state index contributed by atoms with van der Waals surface area (Å²) in [4.78, 5) is 17.9. The van der Waals surface area contributed by atoms with Crippen LogP contribution < -0.4 is 5.73 Å². The number of nitrogens with two attached hydrogens (primary N) is 1. The number of aromatic amines is 1. The average molecular weight is 257 g/mol. The van der Waals surface area contributed by atoms with Crippen LogP contribution in [0.2, 0.25) is 0 Å². The molecular formula is C13H15N5O. The summed E-state index contributed by atoms with van der Waals surface area (Å²) >= 11 is 0. The predicted molar refractivity (Wildman–Crippen MR) is 68.9 cm³/mol. The number of nitrogens with zero attached hydrogens (tertiary/aromatic N) is 3. The molecule has 1 aliphatic rings. The first-order valence-electron chi connectivity index (χ1n) is 6.21. The van der Waals surface area contributed by atoms with E-state index in [1.807, 2.05) is 23.1 Å². The lowest BCUT2D eigenvalue weighted by Gasteiger charge is -2.34. The molecule has 3 rings (SSSR count). The monoisotopic (exact) mass is 257 g/mol. The number of hydrogen-bond donors (Lipinski definition) is 2. The summed E-state index contributed by atoms with van der Waals surface area (Å²) < 4.78 is 0. The Morgan fingerprint density at radius 2 is 2.32 bits per heavy atom. The highest BCUT2D eigenvalue weighted by Gasteiger charge is 2.31. The van der Waals surface area contributed by atoms with Crippen molar-refractivity contribution in [3.05, 3.63) is 47.5 Å². The first-order chi connectivity index (χ1) is 9.25. The number of benzene rings is 1. The number of nitrogens with one attached hydrogen (secondary N) is 1. The molecular weight excluding hydrogens is 242 g/mol. The highest BCUT2D eigenvalue weighted by atomic mass is 16.1. The van der Waals surface area contributed by atoms with Crippen molar-refractivity contribution in [2.75, 3.05) is 6.54 Å². The second-order valence-corrected chi connectivity index (χ2v) is 4.66. The van der Waals surface area contributed by atoms with Gasteiger partial charge in [0.1, 0.15) is 18.2 Å². The molecule has 6 nitrogen and oxygen atoms in total. The maximum atomic E-state index is 11.8. The Labute approximate surface area is 110 Å². The van der Waals surface area contributed by atoms with E-state index in [2.05, 4.69) is 21.2 Å². The van der Waals surface area contributed by atoms with Gasteiger partial charge in [-0.2, -0.15) is 5.10 Å². The number of aromatic nitrogens is 3. The molecule has 1 atom stereocenters. The Bertz CT molecular complexity index is 580. The number of amides is 1. The van der Waals surface area contributed by atoms with Crippen LogP contribution in [0.1, 0.15) is 23.0 Å². The van der Waals surface area contributed by atoms with E-state index in [4.69, 9.17) is 5.73 Å². The molecule has 0 saturated heterocycles. The average Bonchev–Trinajstić information content (AvgIpc) is 2.91. The van der Waals surface area contributed by atoms with E-state index in [-0.39, 0.29) is 5.91 Å². The normalized spacial score (nSPS) is 19.1. The smallest absolute Gasteiger partial charge is 0.239 e. The van der Waals surface area contributed by atoms with Gasteiger partial charge in [0.25, 0.3) is 0 Å². The third kappa shape index (κ3) is 2.22. The number of H-pyrrole nitrogens is 1. The Morgan fingerprint density at radius 1 is 1.47 bits per heavy atom. The van der Waals surface area contributed by atoms with E-state index in [9.17, 15) is 4.79 Å². The summed E-state index contributed by atoms with van der Waals surface area (Å²) in [7, 11) is 0. The van der Waals surface area contributed by atoms with Gasteiger partial charge in [-0.05, 0) is 17.5 Å². The third-order valence-corrected chi connectivity index (χ3v) is 3.47. The van der Waals surface area contributed by atoms with E-state index in [0.717, 1.165) is 24.4 Å². The third-order valence-electron chi connectivity index (χ3n) is 3.47. The van der Waals surface area contributed by atoms with Gasteiger partial charge in [0.15, 0.2) is 0 Å². The summed E-state index contributed by atoms with van der Waals surface area (Å²) in [6, 6.07) is 7.56. The topological polar surface area (TPSA) is 87.9 Å². The molecule has 0 spiro atoms. The maximum absolute atomic E-state index is 11.8. The molecule has 1 aromatic carbocycles. The quantitative estimate of drug-likeness (QED) is 0.832. The minimum atomic E-state index is -0.393. The van der Waals surface area contributed by atoms with Gasteiger partial charge in [0.05, 0.1) is 6.54 Å². The Balaban J connectivity index is 1.92. The molecule has 98 valence electrons. The molecule has 2 heterocycles. The molecule has 0 radical (unpaired) electrons. The fourth-order valence-electron chi connectivity index (χ4n) is 2.62. The number of rotatable bonds is 3. The molecule has 1 unspecified atom stereocenters. The van der Waals surface area contributed by atoms with Crippen molar-refractivity contribution in [1.82, 2.24) is 20.1 Å². The second-order valence-electron chi connectivity index (χ2n) is 4.66. The van der Waals surface area contributed by atoms with Gasteiger partial charge in [0.2, 0.25) is 5.91 Å². The van der Waals surface area contributed by atoms with Crippen molar-refractivity contribution in [3.63, 3.8) is 0 Å². The van der Waals surface area contributed by atoms with E-state index >= 15 is 0 Å². The SMILES string of the molecule is NC(=O)C1c2ccccc2CCN1Cc1ncn[nH]1. The molecule has 1 amide bonds. The van der Waals surface area contributed by atoms with Crippen LogP contribution in [0.4, 0.5) is 0 Å².